The van der Waals surface area contributed by atoms with Crippen LogP contribution >= 0.6 is 0 Å². The lowest BCUT2D eigenvalue weighted by Crippen LogP contribution is -2.30. The molecule has 1 heterocycles. The van der Waals surface area contributed by atoms with Gasteiger partial charge in [-0.3, -0.25) is 9.59 Å². The first-order valence-electron chi connectivity index (χ1n) is 8.86. The smallest absolute Gasteiger partial charge is 0.336 e. The number of amides is 2. The van der Waals surface area contributed by atoms with Gasteiger partial charge in [0, 0.05) is 18.7 Å². The van der Waals surface area contributed by atoms with Gasteiger partial charge in [0.15, 0.2) is 0 Å². The minimum absolute atomic E-state index is 0.0540. The SMILES string of the molecule is Cc1ccc(NC(=O)C2CC(=O)N(C(C)c3ccccc3)C2)cc1C(=O)O. The van der Waals surface area contributed by atoms with Crippen LogP contribution in [-0.4, -0.2) is 34.3 Å². The Morgan fingerprint density at radius 3 is 2.56 bits per heavy atom. The minimum Gasteiger partial charge on any atom is -0.478 e. The average Bonchev–Trinajstić information content (AvgIpc) is 3.05. The Morgan fingerprint density at radius 1 is 1.19 bits per heavy atom. The molecule has 0 aliphatic carbocycles. The first-order valence-corrected chi connectivity index (χ1v) is 8.86. The van der Waals surface area contributed by atoms with Crippen LogP contribution in [0.1, 0.15) is 40.9 Å². The Bertz CT molecular complexity index is 879. The molecule has 2 amide bonds. The summed E-state index contributed by atoms with van der Waals surface area (Å²) in [6.45, 7) is 4.00. The summed E-state index contributed by atoms with van der Waals surface area (Å²) in [6.07, 6.45) is 0.153. The summed E-state index contributed by atoms with van der Waals surface area (Å²) >= 11 is 0. The van der Waals surface area contributed by atoms with Gasteiger partial charge in [-0.15, -0.1) is 0 Å². The number of carboxylic acids is 1. The fourth-order valence-corrected chi connectivity index (χ4v) is 3.37. The van der Waals surface area contributed by atoms with E-state index in [0.29, 0.717) is 17.8 Å². The van der Waals surface area contributed by atoms with Crippen LogP contribution in [0.3, 0.4) is 0 Å². The molecular weight excluding hydrogens is 344 g/mol. The van der Waals surface area contributed by atoms with Crippen LogP contribution in [0.5, 0.6) is 0 Å². The molecule has 0 radical (unpaired) electrons. The number of carbonyl (C=O) groups is 3. The van der Waals surface area contributed by atoms with Gasteiger partial charge in [-0.25, -0.2) is 4.79 Å². The van der Waals surface area contributed by atoms with Gasteiger partial charge in [-0.05, 0) is 37.1 Å². The summed E-state index contributed by atoms with van der Waals surface area (Å²) in [5.41, 5.74) is 2.22. The van der Waals surface area contributed by atoms with Gasteiger partial charge in [0.1, 0.15) is 0 Å². The second kappa shape index (κ2) is 7.61. The zero-order chi connectivity index (χ0) is 19.6. The van der Waals surface area contributed by atoms with Crippen molar-refractivity contribution >= 4 is 23.5 Å². The summed E-state index contributed by atoms with van der Waals surface area (Å²) in [6, 6.07) is 14.4. The molecule has 0 bridgehead atoms. The fourth-order valence-electron chi connectivity index (χ4n) is 3.37. The van der Waals surface area contributed by atoms with Crippen molar-refractivity contribution in [1.29, 1.82) is 0 Å². The van der Waals surface area contributed by atoms with E-state index in [9.17, 15) is 19.5 Å². The van der Waals surface area contributed by atoms with Crippen LogP contribution in [0.4, 0.5) is 5.69 Å². The van der Waals surface area contributed by atoms with Crippen LogP contribution in [-0.2, 0) is 9.59 Å². The molecule has 2 atom stereocenters. The lowest BCUT2D eigenvalue weighted by Gasteiger charge is -2.25. The number of aromatic carboxylic acids is 1. The molecule has 1 fully saturated rings. The van der Waals surface area contributed by atoms with Crippen LogP contribution in [0, 0.1) is 12.8 Å². The molecule has 27 heavy (non-hydrogen) atoms. The van der Waals surface area contributed by atoms with E-state index < -0.39 is 11.9 Å². The Morgan fingerprint density at radius 2 is 1.89 bits per heavy atom. The minimum atomic E-state index is -1.04. The molecule has 6 nitrogen and oxygen atoms in total. The topological polar surface area (TPSA) is 86.7 Å². The lowest BCUT2D eigenvalue weighted by molar-refractivity contribution is -0.129. The van der Waals surface area contributed by atoms with E-state index in [4.69, 9.17) is 0 Å². The first kappa shape index (κ1) is 18.6. The monoisotopic (exact) mass is 366 g/mol. The Balaban J connectivity index is 1.69. The van der Waals surface area contributed by atoms with Crippen molar-refractivity contribution < 1.29 is 19.5 Å². The van der Waals surface area contributed by atoms with E-state index in [1.807, 2.05) is 37.3 Å². The lowest BCUT2D eigenvalue weighted by atomic mass is 10.1. The van der Waals surface area contributed by atoms with Crippen molar-refractivity contribution in [2.24, 2.45) is 5.92 Å². The largest absolute Gasteiger partial charge is 0.478 e. The van der Waals surface area contributed by atoms with E-state index in [0.717, 1.165) is 5.56 Å². The predicted molar refractivity (Wildman–Crippen MR) is 101 cm³/mol. The third-order valence-electron chi connectivity index (χ3n) is 5.01. The van der Waals surface area contributed by atoms with Crippen molar-refractivity contribution in [2.75, 3.05) is 11.9 Å². The number of benzene rings is 2. The normalized spacial score (nSPS) is 17.6. The molecule has 1 saturated heterocycles. The van der Waals surface area contributed by atoms with Crippen LogP contribution in [0.2, 0.25) is 0 Å². The van der Waals surface area contributed by atoms with Gasteiger partial charge in [0.2, 0.25) is 11.8 Å². The molecule has 0 spiro atoms. The highest BCUT2D eigenvalue weighted by Gasteiger charge is 2.37. The summed E-state index contributed by atoms with van der Waals surface area (Å²) in [5.74, 6) is -1.83. The van der Waals surface area contributed by atoms with E-state index >= 15 is 0 Å². The summed E-state index contributed by atoms with van der Waals surface area (Å²) in [5, 5.41) is 12.0. The van der Waals surface area contributed by atoms with Gasteiger partial charge >= 0.3 is 5.97 Å². The van der Waals surface area contributed by atoms with Gasteiger partial charge in [-0.1, -0.05) is 36.4 Å². The maximum absolute atomic E-state index is 12.6. The molecule has 2 aromatic carbocycles. The molecule has 0 aromatic heterocycles. The maximum atomic E-state index is 12.6. The van der Waals surface area contributed by atoms with E-state index in [2.05, 4.69) is 5.32 Å². The van der Waals surface area contributed by atoms with Crippen LogP contribution < -0.4 is 5.32 Å². The van der Waals surface area contributed by atoms with Gasteiger partial charge < -0.3 is 15.3 Å². The summed E-state index contributed by atoms with van der Waals surface area (Å²) in [7, 11) is 0. The number of aryl methyl sites for hydroxylation is 1. The Labute approximate surface area is 157 Å². The van der Waals surface area contributed by atoms with Crippen molar-refractivity contribution in [3.05, 3.63) is 65.2 Å². The van der Waals surface area contributed by atoms with Gasteiger partial charge in [-0.2, -0.15) is 0 Å². The molecule has 2 unspecified atom stereocenters. The molecule has 6 heteroatoms. The molecule has 1 aliphatic rings. The average molecular weight is 366 g/mol. The third-order valence-corrected chi connectivity index (χ3v) is 5.01. The number of rotatable bonds is 5. The zero-order valence-corrected chi connectivity index (χ0v) is 15.3. The van der Waals surface area contributed by atoms with Crippen LogP contribution in [0.25, 0.3) is 0 Å². The van der Waals surface area contributed by atoms with E-state index in [1.165, 1.54) is 6.07 Å². The number of nitrogens with one attached hydrogen (secondary N) is 1. The van der Waals surface area contributed by atoms with Crippen molar-refractivity contribution in [1.82, 2.24) is 4.90 Å². The number of hydrogen-bond donors (Lipinski definition) is 2. The molecule has 1 aliphatic heterocycles. The molecule has 2 N–H and O–H groups in total. The highest BCUT2D eigenvalue weighted by atomic mass is 16.4. The highest BCUT2D eigenvalue weighted by Crippen LogP contribution is 2.29. The maximum Gasteiger partial charge on any atom is 0.336 e. The number of hydrogen-bond acceptors (Lipinski definition) is 3. The third kappa shape index (κ3) is 4.00. The molecular formula is C21H22N2O4. The first-order chi connectivity index (χ1) is 12.9. The standard InChI is InChI=1S/C21H22N2O4/c1-13-8-9-17(11-18(13)21(26)27)22-20(25)16-10-19(24)23(12-16)14(2)15-6-4-3-5-7-15/h3-9,11,14,16H,10,12H2,1-2H3,(H,22,25)(H,26,27). The van der Waals surface area contributed by atoms with Crippen molar-refractivity contribution in [3.63, 3.8) is 0 Å². The molecule has 2 aromatic rings. The number of anilines is 1. The number of likely N-dealkylation sites (tertiary alicyclic amines) is 1. The Kier molecular flexibility index (Phi) is 5.26. The molecule has 0 saturated carbocycles. The van der Waals surface area contributed by atoms with E-state index in [-0.39, 0.29) is 29.8 Å². The van der Waals surface area contributed by atoms with Gasteiger partial charge in [0.05, 0.1) is 17.5 Å². The van der Waals surface area contributed by atoms with Crippen LogP contribution in [0.15, 0.2) is 48.5 Å². The highest BCUT2D eigenvalue weighted by molar-refractivity contribution is 5.98. The quantitative estimate of drug-likeness (QED) is 0.850. The van der Waals surface area contributed by atoms with Crippen molar-refractivity contribution in [2.45, 2.75) is 26.3 Å². The second-order valence-electron chi connectivity index (χ2n) is 6.86. The number of carboxylic acid groups (broad SMARTS) is 1. The molecule has 3 rings (SSSR count). The second-order valence-corrected chi connectivity index (χ2v) is 6.86. The predicted octanol–water partition coefficient (Wildman–Crippen LogP) is 3.24. The Hall–Kier alpha value is -3.15. The number of carbonyl (C=O) groups excluding carboxylic acids is 2. The number of nitrogens with zero attached hydrogens (tertiary/aromatic N) is 1. The van der Waals surface area contributed by atoms with Gasteiger partial charge in [0.25, 0.3) is 0 Å². The fraction of sp³-hybridized carbons (Fsp3) is 0.286. The summed E-state index contributed by atoms with van der Waals surface area (Å²) < 4.78 is 0. The van der Waals surface area contributed by atoms with Crippen molar-refractivity contribution in [3.8, 4) is 0 Å². The van der Waals surface area contributed by atoms with E-state index in [1.54, 1.807) is 24.0 Å². The summed E-state index contributed by atoms with van der Waals surface area (Å²) in [4.78, 5) is 38.0. The zero-order valence-electron chi connectivity index (χ0n) is 15.3. The molecule has 140 valence electrons.